The van der Waals surface area contributed by atoms with Gasteiger partial charge in [-0.3, -0.25) is 4.90 Å². The van der Waals surface area contributed by atoms with Crippen LogP contribution in [-0.4, -0.2) is 90.4 Å². The highest BCUT2D eigenvalue weighted by Gasteiger charge is 2.26. The van der Waals surface area contributed by atoms with Crippen molar-refractivity contribution in [2.75, 3.05) is 52.4 Å². The van der Waals surface area contributed by atoms with Gasteiger partial charge in [0, 0.05) is 63.4 Å². The van der Waals surface area contributed by atoms with E-state index in [2.05, 4.69) is 44.3 Å². The van der Waals surface area contributed by atoms with E-state index in [1.165, 1.54) is 5.56 Å². The number of carbonyl (C=O) groups is 2. The topological polar surface area (TPSA) is 74.4 Å². The first-order valence-electron chi connectivity index (χ1n) is 12.0. The summed E-state index contributed by atoms with van der Waals surface area (Å²) in [7, 11) is 0. The summed E-state index contributed by atoms with van der Waals surface area (Å²) in [6.45, 7) is 18.6. The molecular weight excluding hydrogens is 500 g/mol. The molecule has 2 amide bonds. The molecule has 1 aromatic rings. The maximum atomic E-state index is 12.0. The Labute approximate surface area is 213 Å². The minimum absolute atomic E-state index is 0.200. The minimum Gasteiger partial charge on any atom is -0.444 e. The van der Waals surface area contributed by atoms with Crippen molar-refractivity contribution in [1.82, 2.24) is 20.0 Å². The van der Waals surface area contributed by atoms with Crippen molar-refractivity contribution < 1.29 is 19.1 Å². The van der Waals surface area contributed by atoms with Crippen molar-refractivity contribution in [3.05, 3.63) is 34.3 Å². The van der Waals surface area contributed by atoms with E-state index >= 15 is 0 Å². The van der Waals surface area contributed by atoms with Gasteiger partial charge in [-0.15, -0.1) is 0 Å². The van der Waals surface area contributed by atoms with Gasteiger partial charge in [0.05, 0.1) is 0 Å². The average Bonchev–Trinajstić information content (AvgIpc) is 2.75. The number of ether oxygens (including phenoxy) is 2. The first-order chi connectivity index (χ1) is 15.8. The molecule has 0 bridgehead atoms. The molecule has 0 atom stereocenters. The zero-order chi connectivity index (χ0) is 25.4. The van der Waals surface area contributed by atoms with Crippen LogP contribution in [-0.2, 0) is 16.0 Å². The number of hydrogen-bond acceptors (Lipinski definition) is 6. The van der Waals surface area contributed by atoms with Crippen LogP contribution >= 0.6 is 15.9 Å². The molecule has 0 spiro atoms. The van der Waals surface area contributed by atoms with Gasteiger partial charge >= 0.3 is 12.2 Å². The molecule has 2 saturated heterocycles. The van der Waals surface area contributed by atoms with Crippen molar-refractivity contribution in [3.63, 3.8) is 0 Å². The third-order valence-corrected chi connectivity index (χ3v) is 5.92. The first kappa shape index (κ1) is 28.4. The highest BCUT2D eigenvalue weighted by atomic mass is 79.9. The number of nitrogens with one attached hydrogen (secondary N) is 1. The zero-order valence-corrected chi connectivity index (χ0v) is 23.1. The Kier molecular flexibility index (Phi) is 10.6. The maximum Gasteiger partial charge on any atom is 0.410 e. The Hall–Kier alpha value is -1.84. The second kappa shape index (κ2) is 12.7. The standard InChI is InChI=1S/C16H23BrN2O2.C9H18N2O2/c1-16(2,3)21-15(20)19-10-8-18(9-11-19)12-13-6-4-5-7-14(13)17;1-9(2,3)13-8(12)11-6-4-10-5-7-11/h4-7H,8-12H2,1-3H3;10H,4-7H2,1-3H3. The second-order valence-corrected chi connectivity index (χ2v) is 11.4. The Balaban J connectivity index is 0.000000270. The van der Waals surface area contributed by atoms with Crippen LogP contribution in [0.2, 0.25) is 0 Å². The number of nitrogens with zero attached hydrogens (tertiary/aromatic N) is 3. The number of rotatable bonds is 2. The summed E-state index contributed by atoms with van der Waals surface area (Å²) < 4.78 is 11.8. The predicted molar refractivity (Wildman–Crippen MR) is 138 cm³/mol. The van der Waals surface area contributed by atoms with E-state index in [1.54, 1.807) is 9.80 Å². The monoisotopic (exact) mass is 540 g/mol. The van der Waals surface area contributed by atoms with Gasteiger partial charge < -0.3 is 24.6 Å². The maximum absolute atomic E-state index is 12.0. The second-order valence-electron chi connectivity index (χ2n) is 10.6. The number of halogens is 1. The lowest BCUT2D eigenvalue weighted by Crippen LogP contribution is -2.49. The molecular formula is C25H41BrN4O4. The molecule has 2 aliphatic heterocycles. The van der Waals surface area contributed by atoms with Gasteiger partial charge in [-0.25, -0.2) is 9.59 Å². The molecule has 2 aliphatic rings. The SMILES string of the molecule is CC(C)(C)OC(=O)N1CCN(Cc2ccccc2Br)CC1.CC(C)(C)OC(=O)N1CCNCC1. The van der Waals surface area contributed by atoms with Crippen LogP contribution < -0.4 is 5.32 Å². The molecule has 2 fully saturated rings. The number of piperazine rings is 2. The molecule has 2 heterocycles. The predicted octanol–water partition coefficient (Wildman–Crippen LogP) is 4.33. The third-order valence-electron chi connectivity index (χ3n) is 5.14. The fraction of sp³-hybridized carbons (Fsp3) is 0.680. The molecule has 192 valence electrons. The fourth-order valence-corrected chi connectivity index (χ4v) is 3.87. The minimum atomic E-state index is -0.427. The van der Waals surface area contributed by atoms with E-state index in [0.717, 1.165) is 63.4 Å². The van der Waals surface area contributed by atoms with Gasteiger partial charge in [-0.2, -0.15) is 0 Å². The summed E-state index contributed by atoms with van der Waals surface area (Å²) >= 11 is 3.58. The van der Waals surface area contributed by atoms with Crippen LogP contribution in [0.15, 0.2) is 28.7 Å². The smallest absolute Gasteiger partial charge is 0.410 e. The summed E-state index contributed by atoms with van der Waals surface area (Å²) in [4.78, 5) is 29.4. The lowest BCUT2D eigenvalue weighted by Gasteiger charge is -2.35. The van der Waals surface area contributed by atoms with Crippen LogP contribution in [0, 0.1) is 0 Å². The largest absolute Gasteiger partial charge is 0.444 e. The van der Waals surface area contributed by atoms with Crippen molar-refractivity contribution in [2.45, 2.75) is 59.3 Å². The van der Waals surface area contributed by atoms with Crippen LogP contribution in [0.25, 0.3) is 0 Å². The summed E-state index contributed by atoms with van der Waals surface area (Å²) in [6.07, 6.45) is -0.406. The average molecular weight is 542 g/mol. The molecule has 34 heavy (non-hydrogen) atoms. The highest BCUT2D eigenvalue weighted by molar-refractivity contribution is 9.10. The van der Waals surface area contributed by atoms with Crippen molar-refractivity contribution in [2.24, 2.45) is 0 Å². The van der Waals surface area contributed by atoms with Gasteiger partial charge in [-0.05, 0) is 53.2 Å². The molecule has 9 heteroatoms. The first-order valence-corrected chi connectivity index (χ1v) is 12.8. The van der Waals surface area contributed by atoms with E-state index in [1.807, 2.05) is 47.6 Å². The van der Waals surface area contributed by atoms with Gasteiger partial charge in [-0.1, -0.05) is 34.1 Å². The molecule has 3 rings (SSSR count). The van der Waals surface area contributed by atoms with Gasteiger partial charge in [0.15, 0.2) is 0 Å². The van der Waals surface area contributed by atoms with Gasteiger partial charge in [0.2, 0.25) is 0 Å². The number of hydrogen-bond donors (Lipinski definition) is 1. The van der Waals surface area contributed by atoms with E-state index in [9.17, 15) is 9.59 Å². The van der Waals surface area contributed by atoms with Crippen molar-refractivity contribution in [1.29, 1.82) is 0 Å². The third kappa shape index (κ3) is 10.6. The fourth-order valence-electron chi connectivity index (χ4n) is 3.46. The molecule has 1 aromatic carbocycles. The highest BCUT2D eigenvalue weighted by Crippen LogP contribution is 2.19. The van der Waals surface area contributed by atoms with E-state index in [4.69, 9.17) is 9.47 Å². The Morgan fingerprint density at radius 3 is 1.76 bits per heavy atom. The van der Waals surface area contributed by atoms with Crippen LogP contribution in [0.5, 0.6) is 0 Å². The molecule has 0 unspecified atom stereocenters. The van der Waals surface area contributed by atoms with Gasteiger partial charge in [0.25, 0.3) is 0 Å². The number of carbonyl (C=O) groups excluding carboxylic acids is 2. The molecule has 0 aromatic heterocycles. The number of amides is 2. The quantitative estimate of drug-likeness (QED) is 0.601. The van der Waals surface area contributed by atoms with E-state index < -0.39 is 5.60 Å². The number of benzene rings is 1. The molecule has 1 N–H and O–H groups in total. The van der Waals surface area contributed by atoms with Crippen molar-refractivity contribution >= 4 is 28.1 Å². The lowest BCUT2D eigenvalue weighted by molar-refractivity contribution is 0.0138. The summed E-state index contributed by atoms with van der Waals surface area (Å²) in [5.41, 5.74) is 0.466. The lowest BCUT2D eigenvalue weighted by atomic mass is 10.2. The molecule has 8 nitrogen and oxygen atoms in total. The molecule has 0 saturated carbocycles. The zero-order valence-electron chi connectivity index (χ0n) is 21.5. The summed E-state index contributed by atoms with van der Waals surface area (Å²) in [6, 6.07) is 8.27. The van der Waals surface area contributed by atoms with Crippen molar-refractivity contribution in [3.8, 4) is 0 Å². The van der Waals surface area contributed by atoms with E-state index in [0.29, 0.717) is 0 Å². The Bertz CT molecular complexity index is 793. The molecule has 0 radical (unpaired) electrons. The van der Waals surface area contributed by atoms with Crippen LogP contribution in [0.4, 0.5) is 9.59 Å². The van der Waals surface area contributed by atoms with Crippen LogP contribution in [0.1, 0.15) is 47.1 Å². The summed E-state index contributed by atoms with van der Waals surface area (Å²) in [5.74, 6) is 0. The Morgan fingerprint density at radius 1 is 0.824 bits per heavy atom. The van der Waals surface area contributed by atoms with Gasteiger partial charge in [0.1, 0.15) is 11.2 Å². The van der Waals surface area contributed by atoms with E-state index in [-0.39, 0.29) is 17.8 Å². The van der Waals surface area contributed by atoms with Crippen LogP contribution in [0.3, 0.4) is 0 Å². The summed E-state index contributed by atoms with van der Waals surface area (Å²) in [5, 5.41) is 3.18. The Morgan fingerprint density at radius 2 is 1.29 bits per heavy atom. The normalized spacial score (nSPS) is 17.5. The molecule has 0 aliphatic carbocycles.